The minimum absolute atomic E-state index is 0. The first kappa shape index (κ1) is 17.4. The van der Waals surface area contributed by atoms with Crippen molar-refractivity contribution in [2.45, 2.75) is 6.32 Å². The molecule has 10 heteroatoms. The zero-order valence-electron chi connectivity index (χ0n) is 8.31. The van der Waals surface area contributed by atoms with Gasteiger partial charge in [0.05, 0.1) is 0 Å². The second kappa shape index (κ2) is 6.00. The van der Waals surface area contributed by atoms with E-state index in [1.54, 1.807) is 0 Å². The first-order valence-electron chi connectivity index (χ1n) is 3.86. The average Bonchev–Trinajstić information content (AvgIpc) is 2.17. The van der Waals surface area contributed by atoms with Gasteiger partial charge in [-0.1, -0.05) is 6.32 Å². The predicted octanol–water partition coefficient (Wildman–Crippen LogP) is 0.315. The molecule has 0 radical (unpaired) electrons. The summed E-state index contributed by atoms with van der Waals surface area (Å²) in [6.45, 7) is -5.70. The van der Waals surface area contributed by atoms with E-state index < -0.39 is 47.9 Å². The average molecular weight is 288 g/mol. The Balaban J connectivity index is 0.00000256. The molecule has 17 heavy (non-hydrogen) atoms. The summed E-state index contributed by atoms with van der Waals surface area (Å²) in [7, 11) is 0. The van der Waals surface area contributed by atoms with Crippen molar-refractivity contribution in [1.29, 1.82) is 0 Å². The van der Waals surface area contributed by atoms with E-state index in [0.29, 0.717) is 0 Å². The van der Waals surface area contributed by atoms with Gasteiger partial charge in [0, 0.05) is 5.56 Å². The summed E-state index contributed by atoms with van der Waals surface area (Å²) in [5.74, 6) is -12.1. The van der Waals surface area contributed by atoms with Crippen molar-refractivity contribution in [2.24, 2.45) is 0 Å². The third-order valence-corrected chi connectivity index (χ3v) is 1.74. The topological polar surface area (TPSA) is 0 Å². The fraction of sp³-hybridized carbons (Fsp3) is 0.143. The monoisotopic (exact) mass is 288 g/mol. The van der Waals surface area contributed by atoms with E-state index in [2.05, 4.69) is 0 Å². The van der Waals surface area contributed by atoms with Gasteiger partial charge in [0.2, 0.25) is 5.82 Å². The summed E-state index contributed by atoms with van der Waals surface area (Å²) >= 11 is 0. The minimum Gasteiger partial charge on any atom is -0.449 e. The van der Waals surface area contributed by atoms with Crippen LogP contribution >= 0.6 is 0 Å². The molecule has 0 saturated heterocycles. The molecule has 0 heterocycles. The maximum Gasteiger partial charge on any atom is 1.00 e. The van der Waals surface area contributed by atoms with Gasteiger partial charge >= 0.3 is 58.4 Å². The van der Waals surface area contributed by atoms with E-state index in [0.717, 1.165) is 0 Å². The van der Waals surface area contributed by atoms with Crippen molar-refractivity contribution < 1.29 is 86.3 Å². The molecule has 0 N–H and O–H groups in total. The molecule has 0 bridgehead atoms. The number of hydrogen-bond acceptors (Lipinski definition) is 0. The van der Waals surface area contributed by atoms with Crippen molar-refractivity contribution in [3.05, 3.63) is 34.6 Å². The molecule has 0 fully saturated rings. The molecular formula is C7H2BF8K. The Morgan fingerprint density at radius 2 is 0.941 bits per heavy atom. The van der Waals surface area contributed by atoms with Crippen LogP contribution in [0.25, 0.3) is 0 Å². The molecule has 0 nitrogen and oxygen atoms in total. The van der Waals surface area contributed by atoms with Gasteiger partial charge in [0.1, 0.15) is 0 Å². The Labute approximate surface area is 133 Å². The Morgan fingerprint density at radius 3 is 1.24 bits per heavy atom. The molecule has 90 valence electrons. The van der Waals surface area contributed by atoms with Gasteiger partial charge in [-0.25, -0.2) is 22.0 Å². The molecule has 0 aromatic heterocycles. The van der Waals surface area contributed by atoms with Crippen LogP contribution in [0.3, 0.4) is 0 Å². The Kier molecular flexibility index (Phi) is 6.13. The van der Waals surface area contributed by atoms with Crippen molar-refractivity contribution in [2.75, 3.05) is 0 Å². The van der Waals surface area contributed by atoms with Gasteiger partial charge in [0.15, 0.2) is 23.3 Å². The van der Waals surface area contributed by atoms with Crippen molar-refractivity contribution in [1.82, 2.24) is 0 Å². The molecule has 0 aliphatic heterocycles. The van der Waals surface area contributed by atoms with E-state index in [1.165, 1.54) is 0 Å². The molecule has 0 aliphatic carbocycles. The normalized spacial score (nSPS) is 11.3. The molecule has 1 rings (SSSR count). The molecule has 0 atom stereocenters. The van der Waals surface area contributed by atoms with E-state index in [-0.39, 0.29) is 51.4 Å². The van der Waals surface area contributed by atoms with Crippen LogP contribution in [-0.4, -0.2) is 6.98 Å². The van der Waals surface area contributed by atoms with Crippen LogP contribution in [0.1, 0.15) is 5.56 Å². The van der Waals surface area contributed by atoms with Gasteiger partial charge in [-0.2, -0.15) is 0 Å². The number of rotatable bonds is 2. The fourth-order valence-electron chi connectivity index (χ4n) is 1.06. The Hall–Kier alpha value is 0.361. The molecule has 0 aliphatic rings. The van der Waals surface area contributed by atoms with E-state index in [9.17, 15) is 34.9 Å². The van der Waals surface area contributed by atoms with Crippen molar-refractivity contribution in [3.8, 4) is 0 Å². The SMILES string of the molecule is Fc1c(F)c(F)c(C[B-](F)(F)F)c(F)c1F.[K+]. The van der Waals surface area contributed by atoms with Gasteiger partial charge < -0.3 is 12.9 Å². The summed E-state index contributed by atoms with van der Waals surface area (Å²) in [5, 5.41) is 0. The quantitative estimate of drug-likeness (QED) is 0.318. The van der Waals surface area contributed by atoms with Crippen LogP contribution in [0.4, 0.5) is 34.9 Å². The second-order valence-corrected chi connectivity index (χ2v) is 2.96. The summed E-state index contributed by atoms with van der Waals surface area (Å²) in [6.07, 6.45) is -2.16. The standard InChI is InChI=1S/C7H2BF8.K/c9-3-2(1-8(14,15)16)4(10)6(12)7(13)5(3)11;/h1H2;/q-1;+1. The van der Waals surface area contributed by atoms with Crippen LogP contribution in [0.2, 0.25) is 0 Å². The summed E-state index contributed by atoms with van der Waals surface area (Å²) < 4.78 is 98.4. The van der Waals surface area contributed by atoms with Gasteiger partial charge in [-0.05, 0) is 0 Å². The van der Waals surface area contributed by atoms with Gasteiger partial charge in [-0.15, -0.1) is 0 Å². The zero-order chi connectivity index (χ0) is 12.7. The molecular weight excluding hydrogens is 286 g/mol. The smallest absolute Gasteiger partial charge is 0.449 e. The van der Waals surface area contributed by atoms with Gasteiger partial charge in [-0.3, -0.25) is 0 Å². The second-order valence-electron chi connectivity index (χ2n) is 2.96. The number of hydrogen-bond donors (Lipinski definition) is 0. The summed E-state index contributed by atoms with van der Waals surface area (Å²) in [4.78, 5) is 0. The number of halogens is 8. The van der Waals surface area contributed by atoms with Crippen molar-refractivity contribution >= 4 is 6.98 Å². The maximum absolute atomic E-state index is 12.7. The third-order valence-electron chi connectivity index (χ3n) is 1.74. The molecule has 1 aromatic carbocycles. The van der Waals surface area contributed by atoms with Crippen LogP contribution < -0.4 is 51.4 Å². The maximum atomic E-state index is 12.7. The fourth-order valence-corrected chi connectivity index (χ4v) is 1.06. The largest absolute Gasteiger partial charge is 1.00 e. The van der Waals surface area contributed by atoms with Crippen molar-refractivity contribution in [3.63, 3.8) is 0 Å². The zero-order valence-corrected chi connectivity index (χ0v) is 11.4. The van der Waals surface area contributed by atoms with Crippen LogP contribution in [-0.2, 0) is 6.32 Å². The third kappa shape index (κ3) is 3.91. The van der Waals surface area contributed by atoms with E-state index in [1.807, 2.05) is 0 Å². The van der Waals surface area contributed by atoms with Crippen LogP contribution in [0.5, 0.6) is 0 Å². The first-order chi connectivity index (χ1) is 7.15. The van der Waals surface area contributed by atoms with Crippen LogP contribution in [0, 0.1) is 29.1 Å². The van der Waals surface area contributed by atoms with E-state index >= 15 is 0 Å². The minimum atomic E-state index is -5.70. The Morgan fingerprint density at radius 1 is 0.647 bits per heavy atom. The van der Waals surface area contributed by atoms with Crippen LogP contribution in [0.15, 0.2) is 0 Å². The number of benzene rings is 1. The molecule has 1 aromatic rings. The molecule has 0 spiro atoms. The summed E-state index contributed by atoms with van der Waals surface area (Å²) in [6, 6.07) is 0. The van der Waals surface area contributed by atoms with E-state index in [4.69, 9.17) is 0 Å². The summed E-state index contributed by atoms with van der Waals surface area (Å²) in [5.41, 5.74) is -1.86. The molecule has 0 amide bonds. The predicted molar refractivity (Wildman–Crippen MR) is 39.0 cm³/mol. The molecule has 0 saturated carbocycles. The van der Waals surface area contributed by atoms with Gasteiger partial charge in [0.25, 0.3) is 0 Å². The first-order valence-corrected chi connectivity index (χ1v) is 3.86. The Bertz CT molecular complexity index is 400. The molecule has 0 unspecified atom stereocenters.